The molecule has 0 saturated carbocycles. The maximum atomic E-state index is 12.9. The Hall–Kier alpha value is -3.62. The molecular weight excluding hydrogens is 423 g/mol. The maximum Gasteiger partial charge on any atom is 0.416 e. The Kier molecular flexibility index (Phi) is 6.67. The third kappa shape index (κ3) is 4.82. The zero-order valence-electron chi connectivity index (χ0n) is 17.6. The molecule has 1 N–H and O–H groups in total. The summed E-state index contributed by atoms with van der Waals surface area (Å²) in [5.74, 6) is -1.88. The first-order valence-electron chi connectivity index (χ1n) is 10.0. The number of fused-ring (bicyclic) bond motifs is 1. The van der Waals surface area contributed by atoms with Gasteiger partial charge in [0, 0.05) is 35.9 Å². The molecule has 0 atom stereocenters. The van der Waals surface area contributed by atoms with Gasteiger partial charge in [0.25, 0.3) is 11.7 Å². The van der Waals surface area contributed by atoms with E-state index in [0.717, 1.165) is 12.1 Å². The first-order valence-corrected chi connectivity index (χ1v) is 10.0. The minimum absolute atomic E-state index is 0.00861. The quantitative estimate of drug-likeness (QED) is 0.434. The van der Waals surface area contributed by atoms with Crippen LogP contribution < -0.4 is 5.32 Å². The number of Topliss-reactive ketones (excluding diaryl/α,β-unsaturated/α-hetero) is 1. The molecular formula is C23H22F3N3O3. The van der Waals surface area contributed by atoms with Crippen LogP contribution in [0.25, 0.3) is 10.9 Å². The molecule has 168 valence electrons. The van der Waals surface area contributed by atoms with Crippen LogP contribution in [0.1, 0.15) is 29.8 Å². The van der Waals surface area contributed by atoms with Crippen molar-refractivity contribution in [1.82, 2.24) is 9.47 Å². The maximum absolute atomic E-state index is 12.9. The zero-order chi connectivity index (χ0) is 23.5. The highest BCUT2D eigenvalue weighted by atomic mass is 19.4. The van der Waals surface area contributed by atoms with Crippen molar-refractivity contribution in [2.24, 2.45) is 0 Å². The van der Waals surface area contributed by atoms with E-state index in [0.29, 0.717) is 24.0 Å². The molecule has 32 heavy (non-hydrogen) atoms. The number of ketones is 1. The third-order valence-corrected chi connectivity index (χ3v) is 5.07. The van der Waals surface area contributed by atoms with Crippen LogP contribution in [-0.4, -0.2) is 40.2 Å². The SMILES string of the molecule is CCN(CC)C(=O)C(=O)c1cn(CC(=O)Nc2cccc(C(F)(F)F)c2)c2ccccc12. The van der Waals surface area contributed by atoms with E-state index < -0.39 is 29.3 Å². The number of carbonyl (C=O) groups is 3. The molecule has 6 nitrogen and oxygen atoms in total. The number of alkyl halides is 3. The first-order chi connectivity index (χ1) is 15.2. The molecule has 0 radical (unpaired) electrons. The van der Waals surface area contributed by atoms with Crippen molar-refractivity contribution in [3.8, 4) is 0 Å². The van der Waals surface area contributed by atoms with Crippen molar-refractivity contribution in [3.63, 3.8) is 0 Å². The number of nitrogens with zero attached hydrogens (tertiary/aromatic N) is 2. The lowest BCUT2D eigenvalue weighted by atomic mass is 10.1. The molecule has 0 bridgehead atoms. The van der Waals surface area contributed by atoms with Gasteiger partial charge in [-0.1, -0.05) is 24.3 Å². The summed E-state index contributed by atoms with van der Waals surface area (Å²) >= 11 is 0. The molecule has 0 saturated heterocycles. The van der Waals surface area contributed by atoms with Crippen molar-refractivity contribution in [1.29, 1.82) is 0 Å². The Balaban J connectivity index is 1.86. The Labute approximate surface area is 182 Å². The Bertz CT molecular complexity index is 1160. The largest absolute Gasteiger partial charge is 0.416 e. The number of aromatic nitrogens is 1. The van der Waals surface area contributed by atoms with E-state index in [1.54, 1.807) is 38.1 Å². The number of carbonyl (C=O) groups excluding carboxylic acids is 3. The fourth-order valence-corrected chi connectivity index (χ4v) is 3.46. The van der Waals surface area contributed by atoms with Gasteiger partial charge in [-0.2, -0.15) is 13.2 Å². The molecule has 2 amide bonds. The van der Waals surface area contributed by atoms with Crippen molar-refractivity contribution < 1.29 is 27.6 Å². The van der Waals surface area contributed by atoms with Crippen molar-refractivity contribution in [2.75, 3.05) is 18.4 Å². The van der Waals surface area contributed by atoms with Gasteiger partial charge in [-0.15, -0.1) is 0 Å². The van der Waals surface area contributed by atoms with Crippen LogP contribution in [0.15, 0.2) is 54.7 Å². The van der Waals surface area contributed by atoms with E-state index >= 15 is 0 Å². The molecule has 0 aliphatic heterocycles. The Morgan fingerprint density at radius 2 is 1.69 bits per heavy atom. The number of benzene rings is 2. The predicted octanol–water partition coefficient (Wildman–Crippen LogP) is 4.35. The number of amides is 2. The third-order valence-electron chi connectivity index (χ3n) is 5.07. The number of para-hydroxylation sites is 1. The second-order valence-electron chi connectivity index (χ2n) is 7.12. The molecule has 0 spiro atoms. The fourth-order valence-electron chi connectivity index (χ4n) is 3.46. The molecule has 1 aromatic heterocycles. The van der Waals surface area contributed by atoms with Crippen LogP contribution in [0.3, 0.4) is 0 Å². The lowest BCUT2D eigenvalue weighted by molar-refractivity contribution is -0.137. The summed E-state index contributed by atoms with van der Waals surface area (Å²) < 4.78 is 40.2. The van der Waals surface area contributed by atoms with Crippen molar-refractivity contribution >= 4 is 34.2 Å². The number of nitrogens with one attached hydrogen (secondary N) is 1. The van der Waals surface area contributed by atoms with Crippen LogP contribution in [0.5, 0.6) is 0 Å². The highest BCUT2D eigenvalue weighted by Crippen LogP contribution is 2.30. The standard InChI is InChI=1S/C23H22F3N3O3/c1-3-28(4-2)22(32)21(31)18-13-29(19-11-6-5-10-17(18)19)14-20(30)27-16-9-7-8-15(12-16)23(24,25)26/h5-13H,3-4,14H2,1-2H3,(H,27,30). The Morgan fingerprint density at radius 1 is 1.00 bits per heavy atom. The summed E-state index contributed by atoms with van der Waals surface area (Å²) in [6.45, 7) is 4.08. The van der Waals surface area contributed by atoms with E-state index in [9.17, 15) is 27.6 Å². The number of likely N-dealkylation sites (N-methyl/N-ethyl adjacent to an activating group) is 1. The molecule has 0 unspecified atom stereocenters. The number of hydrogen-bond acceptors (Lipinski definition) is 3. The first kappa shape index (κ1) is 23.1. The minimum Gasteiger partial charge on any atom is -0.337 e. The second-order valence-corrected chi connectivity index (χ2v) is 7.12. The topological polar surface area (TPSA) is 71.4 Å². The van der Waals surface area contributed by atoms with E-state index in [4.69, 9.17) is 0 Å². The molecule has 0 aliphatic rings. The van der Waals surface area contributed by atoms with Gasteiger partial charge < -0.3 is 14.8 Å². The van der Waals surface area contributed by atoms with Gasteiger partial charge in [0.05, 0.1) is 11.1 Å². The van der Waals surface area contributed by atoms with Gasteiger partial charge in [0.2, 0.25) is 5.91 Å². The van der Waals surface area contributed by atoms with Crippen LogP contribution >= 0.6 is 0 Å². The van der Waals surface area contributed by atoms with Crippen molar-refractivity contribution in [2.45, 2.75) is 26.6 Å². The number of halogens is 3. The number of rotatable bonds is 7. The van der Waals surface area contributed by atoms with E-state index in [2.05, 4.69) is 5.32 Å². The molecule has 0 fully saturated rings. The molecule has 3 rings (SSSR count). The lowest BCUT2D eigenvalue weighted by Crippen LogP contribution is -2.36. The summed E-state index contributed by atoms with van der Waals surface area (Å²) in [5.41, 5.74) is -0.134. The van der Waals surface area contributed by atoms with Crippen LogP contribution in [0, 0.1) is 0 Å². The van der Waals surface area contributed by atoms with Gasteiger partial charge in [-0.05, 0) is 38.1 Å². The average molecular weight is 445 g/mol. The van der Waals surface area contributed by atoms with E-state index in [1.807, 2.05) is 0 Å². The second kappa shape index (κ2) is 9.25. The summed E-state index contributed by atoms with van der Waals surface area (Å²) in [6.07, 6.45) is -3.09. The van der Waals surface area contributed by atoms with Gasteiger partial charge in [0.1, 0.15) is 6.54 Å². The Morgan fingerprint density at radius 3 is 2.34 bits per heavy atom. The molecule has 2 aromatic carbocycles. The molecule has 3 aromatic rings. The van der Waals surface area contributed by atoms with Crippen LogP contribution in [0.2, 0.25) is 0 Å². The highest BCUT2D eigenvalue weighted by Gasteiger charge is 2.30. The average Bonchev–Trinajstić information content (AvgIpc) is 3.12. The zero-order valence-corrected chi connectivity index (χ0v) is 17.6. The molecule has 0 aliphatic carbocycles. The van der Waals surface area contributed by atoms with Crippen molar-refractivity contribution in [3.05, 3.63) is 65.9 Å². The van der Waals surface area contributed by atoms with Gasteiger partial charge in [0.15, 0.2) is 0 Å². The highest BCUT2D eigenvalue weighted by molar-refractivity contribution is 6.44. The predicted molar refractivity (Wildman–Crippen MR) is 114 cm³/mol. The normalized spacial score (nSPS) is 11.4. The molecule has 1 heterocycles. The summed E-state index contributed by atoms with van der Waals surface area (Å²) in [6, 6.07) is 11.2. The molecule has 9 heteroatoms. The van der Waals surface area contributed by atoms with Gasteiger partial charge >= 0.3 is 6.18 Å². The summed E-state index contributed by atoms with van der Waals surface area (Å²) in [5, 5.41) is 2.96. The van der Waals surface area contributed by atoms with Gasteiger partial charge in [-0.25, -0.2) is 0 Å². The fraction of sp³-hybridized carbons (Fsp3) is 0.261. The van der Waals surface area contributed by atoms with Gasteiger partial charge in [-0.3, -0.25) is 14.4 Å². The van der Waals surface area contributed by atoms with Crippen LogP contribution in [-0.2, 0) is 22.3 Å². The number of anilines is 1. The summed E-state index contributed by atoms with van der Waals surface area (Å²) in [4.78, 5) is 39.3. The lowest BCUT2D eigenvalue weighted by Gasteiger charge is -2.17. The number of hydrogen-bond donors (Lipinski definition) is 1. The van der Waals surface area contributed by atoms with Crippen LogP contribution in [0.4, 0.5) is 18.9 Å². The minimum atomic E-state index is -4.52. The summed E-state index contributed by atoms with van der Waals surface area (Å²) in [7, 11) is 0. The smallest absolute Gasteiger partial charge is 0.337 e. The van der Waals surface area contributed by atoms with E-state index in [-0.39, 0.29) is 17.8 Å². The monoisotopic (exact) mass is 445 g/mol. The van der Waals surface area contributed by atoms with E-state index in [1.165, 1.54) is 27.8 Å².